The molecule has 1 atom stereocenters. The van der Waals surface area contributed by atoms with E-state index in [1.165, 1.54) is 25.7 Å². The number of unbranched alkanes of at least 4 members (excludes halogenated alkanes) is 5. The molecule has 0 bridgehead atoms. The fraction of sp³-hybridized carbons (Fsp3) is 0.917. The standard InChI is InChI=1S/C12H23ClO3/c1-2-3-4-5-6-7-8-16-12(15)9-11(14)10-13/h11,14H,2-10H2,1H3/t11-/m1/s1. The molecule has 0 spiro atoms. The summed E-state index contributed by atoms with van der Waals surface area (Å²) in [6.45, 7) is 2.64. The molecule has 1 N–H and O–H groups in total. The second kappa shape index (κ2) is 11.2. The Morgan fingerprint density at radius 2 is 1.88 bits per heavy atom. The van der Waals surface area contributed by atoms with E-state index in [0.29, 0.717) is 6.61 Å². The fourth-order valence-corrected chi connectivity index (χ4v) is 1.48. The zero-order valence-corrected chi connectivity index (χ0v) is 10.8. The number of esters is 1. The van der Waals surface area contributed by atoms with E-state index in [1.807, 2.05) is 0 Å². The van der Waals surface area contributed by atoms with E-state index < -0.39 is 6.10 Å². The smallest absolute Gasteiger partial charge is 0.308 e. The van der Waals surface area contributed by atoms with E-state index in [1.54, 1.807) is 0 Å². The molecular weight excluding hydrogens is 228 g/mol. The molecule has 0 saturated heterocycles. The number of aliphatic hydroxyl groups excluding tert-OH is 1. The third kappa shape index (κ3) is 10.2. The number of carbonyl (C=O) groups is 1. The maximum atomic E-state index is 11.1. The molecule has 0 aromatic carbocycles. The van der Waals surface area contributed by atoms with Gasteiger partial charge in [0.05, 0.1) is 19.1 Å². The van der Waals surface area contributed by atoms with Crippen LogP contribution in [0.1, 0.15) is 51.9 Å². The number of aliphatic hydroxyl groups is 1. The molecule has 0 unspecified atom stereocenters. The van der Waals surface area contributed by atoms with Crippen molar-refractivity contribution in [3.63, 3.8) is 0 Å². The molecule has 0 aromatic heterocycles. The van der Waals surface area contributed by atoms with Gasteiger partial charge in [-0.25, -0.2) is 0 Å². The van der Waals surface area contributed by atoms with Crippen LogP contribution in [0.3, 0.4) is 0 Å². The monoisotopic (exact) mass is 250 g/mol. The molecular formula is C12H23ClO3. The van der Waals surface area contributed by atoms with Crippen LogP contribution < -0.4 is 0 Å². The van der Waals surface area contributed by atoms with Gasteiger partial charge in [-0.2, -0.15) is 0 Å². The summed E-state index contributed by atoms with van der Waals surface area (Å²) in [5, 5.41) is 9.10. The molecule has 4 heteroatoms. The van der Waals surface area contributed by atoms with E-state index in [4.69, 9.17) is 21.4 Å². The van der Waals surface area contributed by atoms with Crippen molar-refractivity contribution in [2.45, 2.75) is 58.0 Å². The highest BCUT2D eigenvalue weighted by molar-refractivity contribution is 6.18. The van der Waals surface area contributed by atoms with E-state index in [2.05, 4.69) is 6.92 Å². The lowest BCUT2D eigenvalue weighted by atomic mass is 10.1. The molecule has 96 valence electrons. The Hall–Kier alpha value is -0.280. The minimum Gasteiger partial charge on any atom is -0.466 e. The first-order chi connectivity index (χ1) is 7.70. The van der Waals surface area contributed by atoms with Crippen molar-refractivity contribution in [3.8, 4) is 0 Å². The van der Waals surface area contributed by atoms with Gasteiger partial charge in [-0.15, -0.1) is 11.6 Å². The van der Waals surface area contributed by atoms with E-state index in [9.17, 15) is 4.79 Å². The van der Waals surface area contributed by atoms with Gasteiger partial charge in [-0.1, -0.05) is 39.0 Å². The normalized spacial score (nSPS) is 12.4. The number of hydrogen-bond donors (Lipinski definition) is 1. The largest absolute Gasteiger partial charge is 0.466 e. The third-order valence-electron chi connectivity index (χ3n) is 2.34. The average molecular weight is 251 g/mol. The Morgan fingerprint density at radius 1 is 1.25 bits per heavy atom. The number of hydrogen-bond acceptors (Lipinski definition) is 3. The topological polar surface area (TPSA) is 46.5 Å². The summed E-state index contributed by atoms with van der Waals surface area (Å²) in [4.78, 5) is 11.1. The summed E-state index contributed by atoms with van der Waals surface area (Å²) in [5.74, 6) is -0.284. The van der Waals surface area contributed by atoms with Gasteiger partial charge in [0.2, 0.25) is 0 Å². The van der Waals surface area contributed by atoms with Crippen molar-refractivity contribution in [2.24, 2.45) is 0 Å². The van der Waals surface area contributed by atoms with E-state index in [0.717, 1.165) is 12.8 Å². The lowest BCUT2D eigenvalue weighted by Gasteiger charge is -2.07. The van der Waals surface area contributed by atoms with Crippen molar-refractivity contribution in [2.75, 3.05) is 12.5 Å². The minimum atomic E-state index is -0.779. The number of alkyl halides is 1. The molecule has 0 aliphatic carbocycles. The number of rotatable bonds is 10. The van der Waals surface area contributed by atoms with Gasteiger partial charge < -0.3 is 9.84 Å². The molecule has 16 heavy (non-hydrogen) atoms. The second-order valence-corrected chi connectivity index (χ2v) is 4.31. The highest BCUT2D eigenvalue weighted by Gasteiger charge is 2.10. The zero-order chi connectivity index (χ0) is 12.2. The predicted octanol–water partition coefficient (Wildman–Crippen LogP) is 2.88. The van der Waals surface area contributed by atoms with Crippen LogP contribution in [0.5, 0.6) is 0 Å². The van der Waals surface area contributed by atoms with Gasteiger partial charge in [-0.3, -0.25) is 4.79 Å². The van der Waals surface area contributed by atoms with Crippen LogP contribution in [0.15, 0.2) is 0 Å². The van der Waals surface area contributed by atoms with Crippen molar-refractivity contribution in [1.82, 2.24) is 0 Å². The summed E-state index contributed by atoms with van der Waals surface area (Å²) < 4.78 is 4.96. The molecule has 0 heterocycles. The van der Waals surface area contributed by atoms with Gasteiger partial charge >= 0.3 is 5.97 Å². The molecule has 0 aromatic rings. The molecule has 0 aliphatic rings. The third-order valence-corrected chi connectivity index (χ3v) is 2.70. The Kier molecular flexibility index (Phi) is 11.0. The summed E-state index contributed by atoms with van der Waals surface area (Å²) >= 11 is 5.37. The Labute approximate surface area is 103 Å². The minimum absolute atomic E-state index is 0.000660. The van der Waals surface area contributed by atoms with Crippen LogP contribution in [0.2, 0.25) is 0 Å². The van der Waals surface area contributed by atoms with Crippen LogP contribution in [-0.2, 0) is 9.53 Å². The maximum Gasteiger partial charge on any atom is 0.308 e. The van der Waals surface area contributed by atoms with Crippen LogP contribution in [0.25, 0.3) is 0 Å². The average Bonchev–Trinajstić information content (AvgIpc) is 2.27. The number of carbonyl (C=O) groups excluding carboxylic acids is 1. The zero-order valence-electron chi connectivity index (χ0n) is 10.1. The highest BCUT2D eigenvalue weighted by atomic mass is 35.5. The second-order valence-electron chi connectivity index (χ2n) is 4.00. The molecule has 0 aliphatic heterocycles. The van der Waals surface area contributed by atoms with Crippen molar-refractivity contribution in [1.29, 1.82) is 0 Å². The SMILES string of the molecule is CCCCCCCCOC(=O)C[C@@H](O)CCl. The predicted molar refractivity (Wildman–Crippen MR) is 65.7 cm³/mol. The van der Waals surface area contributed by atoms with Gasteiger partial charge in [0, 0.05) is 5.88 Å². The van der Waals surface area contributed by atoms with E-state index >= 15 is 0 Å². The lowest BCUT2D eigenvalue weighted by molar-refractivity contribution is -0.145. The Bertz CT molecular complexity index is 174. The Morgan fingerprint density at radius 3 is 2.50 bits per heavy atom. The van der Waals surface area contributed by atoms with Crippen molar-refractivity contribution < 1.29 is 14.6 Å². The molecule has 0 fully saturated rings. The lowest BCUT2D eigenvalue weighted by Crippen LogP contribution is -2.17. The van der Waals surface area contributed by atoms with Gasteiger partial charge in [0.25, 0.3) is 0 Å². The van der Waals surface area contributed by atoms with Crippen molar-refractivity contribution in [3.05, 3.63) is 0 Å². The molecule has 0 rings (SSSR count). The molecule has 0 radical (unpaired) electrons. The Balaban J connectivity index is 3.21. The summed E-state index contributed by atoms with van der Waals surface area (Å²) in [5.41, 5.74) is 0. The fourth-order valence-electron chi connectivity index (χ4n) is 1.37. The molecule has 3 nitrogen and oxygen atoms in total. The summed E-state index contributed by atoms with van der Waals surface area (Å²) in [6, 6.07) is 0. The van der Waals surface area contributed by atoms with Gasteiger partial charge in [0.1, 0.15) is 0 Å². The first-order valence-electron chi connectivity index (χ1n) is 6.10. The quantitative estimate of drug-likeness (QED) is 0.368. The van der Waals surface area contributed by atoms with Gasteiger partial charge in [0.15, 0.2) is 0 Å². The van der Waals surface area contributed by atoms with Crippen LogP contribution in [-0.4, -0.2) is 29.7 Å². The van der Waals surface area contributed by atoms with Crippen molar-refractivity contribution >= 4 is 17.6 Å². The van der Waals surface area contributed by atoms with Crippen LogP contribution >= 0.6 is 11.6 Å². The molecule has 0 amide bonds. The van der Waals surface area contributed by atoms with E-state index in [-0.39, 0.29) is 18.3 Å². The highest BCUT2D eigenvalue weighted by Crippen LogP contribution is 2.05. The van der Waals surface area contributed by atoms with Crippen LogP contribution in [0, 0.1) is 0 Å². The van der Waals surface area contributed by atoms with Gasteiger partial charge in [-0.05, 0) is 6.42 Å². The summed E-state index contributed by atoms with van der Waals surface area (Å²) in [6.07, 6.45) is 6.22. The first kappa shape index (κ1) is 15.7. The van der Waals surface area contributed by atoms with Crippen LogP contribution in [0.4, 0.5) is 0 Å². The molecule has 0 saturated carbocycles. The maximum absolute atomic E-state index is 11.1. The summed E-state index contributed by atoms with van der Waals surface area (Å²) in [7, 11) is 0. The number of ether oxygens (including phenoxy) is 1. The first-order valence-corrected chi connectivity index (χ1v) is 6.63. The number of halogens is 1.